The third-order valence-corrected chi connectivity index (χ3v) is 6.53. The Balaban J connectivity index is 1.25. The summed E-state index contributed by atoms with van der Waals surface area (Å²) < 4.78 is 0. The first-order valence-electron chi connectivity index (χ1n) is 10.6. The normalized spacial score (nSPS) is 14.5. The van der Waals surface area contributed by atoms with Crippen LogP contribution in [0.15, 0.2) is 71.6 Å². The fourth-order valence-corrected chi connectivity index (χ4v) is 4.70. The number of anilines is 1. The number of piperazine rings is 1. The summed E-state index contributed by atoms with van der Waals surface area (Å²) in [6.07, 6.45) is 0. The summed E-state index contributed by atoms with van der Waals surface area (Å²) in [7, 11) is 0. The minimum absolute atomic E-state index is 0.0878. The summed E-state index contributed by atoms with van der Waals surface area (Å²) in [4.78, 5) is 29.2. The number of fused-ring (bicyclic) bond motifs is 1. The van der Waals surface area contributed by atoms with E-state index in [1.165, 1.54) is 35.0 Å². The van der Waals surface area contributed by atoms with Gasteiger partial charge in [-0.1, -0.05) is 42.5 Å². The van der Waals surface area contributed by atoms with Gasteiger partial charge >= 0.3 is 0 Å². The van der Waals surface area contributed by atoms with E-state index in [2.05, 4.69) is 52.7 Å². The van der Waals surface area contributed by atoms with Gasteiger partial charge in [0, 0.05) is 50.2 Å². The molecule has 1 aliphatic heterocycles. The summed E-state index contributed by atoms with van der Waals surface area (Å²) in [6.45, 7) is 5.73. The van der Waals surface area contributed by atoms with E-state index in [4.69, 9.17) is 0 Å². The van der Waals surface area contributed by atoms with Crippen LogP contribution in [0.2, 0.25) is 0 Å². The molecule has 0 aliphatic carbocycles. The van der Waals surface area contributed by atoms with Crippen molar-refractivity contribution < 1.29 is 9.59 Å². The topological polar surface area (TPSA) is 52.7 Å². The molecule has 0 spiro atoms. The van der Waals surface area contributed by atoms with E-state index in [9.17, 15) is 9.59 Å². The van der Waals surface area contributed by atoms with Crippen molar-refractivity contribution in [2.75, 3.05) is 37.2 Å². The quantitative estimate of drug-likeness (QED) is 0.591. The molecule has 1 fully saturated rings. The van der Waals surface area contributed by atoms with E-state index in [0.717, 1.165) is 43.3 Å². The molecule has 1 aliphatic rings. The zero-order chi connectivity index (χ0) is 21.6. The molecule has 0 bridgehead atoms. The average Bonchev–Trinajstić information content (AvgIpc) is 2.79. The number of carbonyl (C=O) groups is 2. The first-order valence-corrected chi connectivity index (χ1v) is 11.5. The lowest BCUT2D eigenvalue weighted by Crippen LogP contribution is -2.48. The lowest BCUT2D eigenvalue weighted by atomic mass is 10.0. The van der Waals surface area contributed by atoms with Gasteiger partial charge in [0.25, 0.3) is 0 Å². The molecule has 0 atom stereocenters. The van der Waals surface area contributed by atoms with Gasteiger partial charge in [0.2, 0.25) is 11.8 Å². The van der Waals surface area contributed by atoms with Crippen LogP contribution >= 0.6 is 11.8 Å². The van der Waals surface area contributed by atoms with E-state index in [1.807, 2.05) is 29.2 Å². The zero-order valence-corrected chi connectivity index (χ0v) is 18.5. The van der Waals surface area contributed by atoms with E-state index in [0.29, 0.717) is 5.75 Å². The molecule has 1 saturated heterocycles. The lowest BCUT2D eigenvalue weighted by molar-refractivity contribution is -0.130. The Bertz CT molecular complexity index is 1050. The number of hydrogen-bond donors (Lipinski definition) is 1. The fourth-order valence-electron chi connectivity index (χ4n) is 3.90. The zero-order valence-electron chi connectivity index (χ0n) is 17.7. The molecule has 6 heteroatoms. The Hall–Kier alpha value is -2.83. The van der Waals surface area contributed by atoms with Crippen LogP contribution < -0.4 is 5.32 Å². The summed E-state index contributed by atoms with van der Waals surface area (Å²) >= 11 is 1.54. The van der Waals surface area contributed by atoms with Crippen LogP contribution in [0.25, 0.3) is 10.8 Å². The highest BCUT2D eigenvalue weighted by Gasteiger charge is 2.21. The fraction of sp³-hybridized carbons (Fsp3) is 0.280. The van der Waals surface area contributed by atoms with Gasteiger partial charge < -0.3 is 10.2 Å². The number of benzene rings is 3. The molecule has 3 aromatic carbocycles. The summed E-state index contributed by atoms with van der Waals surface area (Å²) in [5.74, 6) is 0.527. The Morgan fingerprint density at radius 1 is 0.903 bits per heavy atom. The molecule has 3 aromatic rings. The third-order valence-electron chi connectivity index (χ3n) is 5.54. The predicted octanol–water partition coefficient (Wildman–Crippen LogP) is 4.23. The number of nitrogens with one attached hydrogen (secondary N) is 1. The number of hydrogen-bond acceptors (Lipinski definition) is 4. The minimum atomic E-state index is -0.0878. The van der Waals surface area contributed by atoms with Crippen molar-refractivity contribution in [2.45, 2.75) is 18.4 Å². The van der Waals surface area contributed by atoms with Gasteiger partial charge in [-0.2, -0.15) is 0 Å². The van der Waals surface area contributed by atoms with E-state index < -0.39 is 0 Å². The Morgan fingerprint density at radius 2 is 1.61 bits per heavy atom. The highest BCUT2D eigenvalue weighted by Crippen LogP contribution is 2.22. The van der Waals surface area contributed by atoms with E-state index in [1.54, 1.807) is 0 Å². The molecule has 0 radical (unpaired) electrons. The van der Waals surface area contributed by atoms with Crippen LogP contribution in [0.1, 0.15) is 12.5 Å². The second-order valence-electron chi connectivity index (χ2n) is 7.79. The predicted molar refractivity (Wildman–Crippen MR) is 127 cm³/mol. The number of amides is 2. The summed E-state index contributed by atoms with van der Waals surface area (Å²) in [5, 5.41) is 5.34. The molecule has 0 saturated carbocycles. The van der Waals surface area contributed by atoms with Crippen LogP contribution in [-0.2, 0) is 16.1 Å². The smallest absolute Gasteiger partial charge is 0.233 e. The van der Waals surface area contributed by atoms with Crippen molar-refractivity contribution >= 4 is 40.0 Å². The molecule has 2 amide bonds. The maximum Gasteiger partial charge on any atom is 0.233 e. The Labute approximate surface area is 187 Å². The molecule has 5 nitrogen and oxygen atoms in total. The van der Waals surface area contributed by atoms with Gasteiger partial charge in [0.05, 0.1) is 5.75 Å². The van der Waals surface area contributed by atoms with Gasteiger partial charge in [-0.25, -0.2) is 0 Å². The molecule has 1 heterocycles. The number of nitrogens with zero attached hydrogens (tertiary/aromatic N) is 2. The maximum atomic E-state index is 12.7. The highest BCUT2D eigenvalue weighted by molar-refractivity contribution is 8.00. The van der Waals surface area contributed by atoms with Crippen LogP contribution in [0.3, 0.4) is 0 Å². The van der Waals surface area contributed by atoms with E-state index in [-0.39, 0.29) is 11.8 Å². The first kappa shape index (κ1) is 21.4. The van der Waals surface area contributed by atoms with Crippen LogP contribution in [0, 0.1) is 0 Å². The second kappa shape index (κ2) is 9.98. The Morgan fingerprint density at radius 3 is 2.35 bits per heavy atom. The second-order valence-corrected chi connectivity index (χ2v) is 8.84. The van der Waals surface area contributed by atoms with E-state index >= 15 is 0 Å². The van der Waals surface area contributed by atoms with Crippen LogP contribution in [0.5, 0.6) is 0 Å². The van der Waals surface area contributed by atoms with Crippen molar-refractivity contribution in [1.82, 2.24) is 9.80 Å². The van der Waals surface area contributed by atoms with Crippen molar-refractivity contribution in [1.29, 1.82) is 0 Å². The monoisotopic (exact) mass is 433 g/mol. The average molecular weight is 434 g/mol. The van der Waals surface area contributed by atoms with Gasteiger partial charge in [-0.15, -0.1) is 11.8 Å². The van der Waals surface area contributed by atoms with Crippen molar-refractivity contribution in [3.63, 3.8) is 0 Å². The van der Waals surface area contributed by atoms with Gasteiger partial charge in [-0.3, -0.25) is 14.5 Å². The van der Waals surface area contributed by atoms with Gasteiger partial charge in [0.15, 0.2) is 0 Å². The molecule has 0 unspecified atom stereocenters. The van der Waals surface area contributed by atoms with Crippen molar-refractivity contribution in [3.05, 3.63) is 72.3 Å². The largest absolute Gasteiger partial charge is 0.339 e. The standard InChI is InChI=1S/C25H27N3O2S/c1-19(29)26-22-9-11-23(12-10-22)31-18-25(30)28-15-13-27(14-16-28)17-21-7-4-6-20-5-2-3-8-24(20)21/h2-12H,13-18H2,1H3,(H,26,29). The summed E-state index contributed by atoms with van der Waals surface area (Å²) in [6, 6.07) is 22.6. The third kappa shape index (κ3) is 5.66. The number of rotatable bonds is 6. The first-order chi connectivity index (χ1) is 15.1. The molecule has 31 heavy (non-hydrogen) atoms. The Kier molecular flexibility index (Phi) is 6.89. The summed E-state index contributed by atoms with van der Waals surface area (Å²) in [5.41, 5.74) is 2.11. The number of thioether (sulfide) groups is 1. The lowest BCUT2D eigenvalue weighted by Gasteiger charge is -2.35. The minimum Gasteiger partial charge on any atom is -0.339 e. The molecular formula is C25H27N3O2S. The van der Waals surface area contributed by atoms with Gasteiger partial charge in [0.1, 0.15) is 0 Å². The molecule has 0 aromatic heterocycles. The molecule has 1 N–H and O–H groups in total. The van der Waals surface area contributed by atoms with Crippen LogP contribution in [-0.4, -0.2) is 53.5 Å². The molecule has 160 valence electrons. The van der Waals surface area contributed by atoms with Crippen molar-refractivity contribution in [3.8, 4) is 0 Å². The highest BCUT2D eigenvalue weighted by atomic mass is 32.2. The maximum absolute atomic E-state index is 12.7. The van der Waals surface area contributed by atoms with Gasteiger partial charge in [-0.05, 0) is 40.6 Å². The van der Waals surface area contributed by atoms with Crippen molar-refractivity contribution in [2.24, 2.45) is 0 Å². The SMILES string of the molecule is CC(=O)Nc1ccc(SCC(=O)N2CCN(Cc3cccc4ccccc34)CC2)cc1. The molecule has 4 rings (SSSR count). The number of carbonyl (C=O) groups excluding carboxylic acids is 2. The van der Waals surface area contributed by atoms with Crippen LogP contribution in [0.4, 0.5) is 5.69 Å². The molecular weight excluding hydrogens is 406 g/mol.